The number of esters is 2. The molecule has 0 aromatic carbocycles. The smallest absolute Gasteiger partial charge is 0.313 e. The average molecular weight is 308 g/mol. The molecule has 0 bridgehead atoms. The summed E-state index contributed by atoms with van der Waals surface area (Å²) in [4.78, 5) is 24.7. The first kappa shape index (κ1) is 16.6. The first-order chi connectivity index (χ1) is 10.2. The summed E-state index contributed by atoms with van der Waals surface area (Å²) in [5.41, 5.74) is -1.40. The van der Waals surface area contributed by atoms with Gasteiger partial charge in [0.15, 0.2) is 0 Å². The molecule has 3 atom stereocenters. The molecule has 0 aliphatic heterocycles. The number of hydrogen-bond donors (Lipinski definition) is 0. The molecule has 5 nitrogen and oxygen atoms in total. The van der Waals surface area contributed by atoms with Gasteiger partial charge in [-0.1, -0.05) is 6.08 Å². The summed E-state index contributed by atoms with van der Waals surface area (Å²) < 4.78 is 15.6. The Balaban J connectivity index is 2.23. The van der Waals surface area contributed by atoms with Crippen LogP contribution in [0.4, 0.5) is 0 Å². The molecular formula is C17H24O5. The van der Waals surface area contributed by atoms with Crippen LogP contribution in [-0.2, 0) is 23.8 Å². The molecule has 1 saturated carbocycles. The van der Waals surface area contributed by atoms with Crippen molar-refractivity contribution in [3.05, 3.63) is 24.0 Å². The minimum absolute atomic E-state index is 0.114. The Kier molecular flexibility index (Phi) is 4.36. The largest absolute Gasteiger partial charge is 0.497 e. The summed E-state index contributed by atoms with van der Waals surface area (Å²) in [5.74, 6) is -0.549. The van der Waals surface area contributed by atoms with Crippen LogP contribution in [0.1, 0.15) is 33.6 Å². The Morgan fingerprint density at radius 3 is 2.50 bits per heavy atom. The van der Waals surface area contributed by atoms with Crippen molar-refractivity contribution in [1.82, 2.24) is 0 Å². The third-order valence-corrected chi connectivity index (χ3v) is 4.20. The molecule has 0 aromatic heterocycles. The van der Waals surface area contributed by atoms with Gasteiger partial charge in [-0.05, 0) is 45.8 Å². The SMILES string of the molecule is COC(=O)[C@]1(C2C=C(OC)C=CC2)C[C@H]1C(=O)OC(C)(C)C. The van der Waals surface area contributed by atoms with Gasteiger partial charge in [0.05, 0.1) is 25.6 Å². The van der Waals surface area contributed by atoms with Gasteiger partial charge in [-0.15, -0.1) is 0 Å². The van der Waals surface area contributed by atoms with E-state index in [0.717, 1.165) is 0 Å². The second kappa shape index (κ2) is 5.78. The lowest BCUT2D eigenvalue weighted by Gasteiger charge is -2.26. The topological polar surface area (TPSA) is 61.8 Å². The van der Waals surface area contributed by atoms with Crippen molar-refractivity contribution in [3.8, 4) is 0 Å². The second-order valence-corrected chi connectivity index (χ2v) is 6.84. The van der Waals surface area contributed by atoms with Crippen molar-refractivity contribution in [3.63, 3.8) is 0 Å². The lowest BCUT2D eigenvalue weighted by atomic mass is 9.81. The fraction of sp³-hybridized carbons (Fsp3) is 0.647. The first-order valence-corrected chi connectivity index (χ1v) is 7.48. The Bertz CT molecular complexity index is 526. The van der Waals surface area contributed by atoms with Crippen LogP contribution in [0.2, 0.25) is 0 Å². The maximum atomic E-state index is 12.4. The molecule has 2 rings (SSSR count). The average Bonchev–Trinajstić information content (AvgIpc) is 3.22. The molecule has 0 heterocycles. The van der Waals surface area contributed by atoms with Crippen LogP contribution in [0.5, 0.6) is 0 Å². The first-order valence-electron chi connectivity index (χ1n) is 7.48. The van der Waals surface area contributed by atoms with Crippen LogP contribution in [0.25, 0.3) is 0 Å². The molecule has 0 radical (unpaired) electrons. The van der Waals surface area contributed by atoms with Gasteiger partial charge >= 0.3 is 11.9 Å². The van der Waals surface area contributed by atoms with E-state index >= 15 is 0 Å². The number of methoxy groups -OCH3 is 2. The molecule has 0 spiro atoms. The van der Waals surface area contributed by atoms with Crippen LogP contribution in [-0.4, -0.2) is 31.8 Å². The maximum absolute atomic E-state index is 12.4. The van der Waals surface area contributed by atoms with E-state index in [1.807, 2.05) is 39.0 Å². The van der Waals surface area contributed by atoms with E-state index in [1.54, 1.807) is 7.11 Å². The molecule has 5 heteroatoms. The molecule has 22 heavy (non-hydrogen) atoms. The Morgan fingerprint density at radius 2 is 1.95 bits per heavy atom. The Labute approximate surface area is 131 Å². The molecule has 1 unspecified atom stereocenters. The van der Waals surface area contributed by atoms with E-state index in [-0.39, 0.29) is 17.9 Å². The van der Waals surface area contributed by atoms with Crippen LogP contribution >= 0.6 is 0 Å². The van der Waals surface area contributed by atoms with Crippen LogP contribution < -0.4 is 0 Å². The third kappa shape index (κ3) is 3.03. The van der Waals surface area contributed by atoms with E-state index < -0.39 is 16.9 Å². The predicted molar refractivity (Wildman–Crippen MR) is 80.7 cm³/mol. The normalized spacial score (nSPS) is 30.3. The molecule has 0 aromatic rings. The lowest BCUT2D eigenvalue weighted by Crippen LogP contribution is -2.33. The van der Waals surface area contributed by atoms with Crippen LogP contribution in [0.15, 0.2) is 24.0 Å². The Hall–Kier alpha value is -1.78. The zero-order chi connectivity index (χ0) is 16.5. The summed E-state index contributed by atoms with van der Waals surface area (Å²) in [6.07, 6.45) is 6.87. The van der Waals surface area contributed by atoms with E-state index in [0.29, 0.717) is 18.6 Å². The van der Waals surface area contributed by atoms with Crippen molar-refractivity contribution < 1.29 is 23.8 Å². The van der Waals surface area contributed by atoms with Crippen molar-refractivity contribution in [2.45, 2.75) is 39.2 Å². The minimum Gasteiger partial charge on any atom is -0.497 e. The lowest BCUT2D eigenvalue weighted by molar-refractivity contribution is -0.162. The van der Waals surface area contributed by atoms with Crippen LogP contribution in [0, 0.1) is 17.3 Å². The molecule has 0 N–H and O–H groups in total. The number of rotatable bonds is 4. The molecule has 0 amide bonds. The summed E-state index contributed by atoms with van der Waals surface area (Å²) in [7, 11) is 2.94. The highest BCUT2D eigenvalue weighted by molar-refractivity contribution is 5.91. The highest BCUT2D eigenvalue weighted by atomic mass is 16.6. The molecular weight excluding hydrogens is 284 g/mol. The molecule has 1 fully saturated rings. The van der Waals surface area contributed by atoms with Gasteiger partial charge in [0.2, 0.25) is 0 Å². The van der Waals surface area contributed by atoms with Gasteiger partial charge in [0, 0.05) is 5.92 Å². The monoisotopic (exact) mass is 308 g/mol. The summed E-state index contributed by atoms with van der Waals surface area (Å²) in [5, 5.41) is 0. The van der Waals surface area contributed by atoms with Gasteiger partial charge in [0.25, 0.3) is 0 Å². The van der Waals surface area contributed by atoms with Crippen molar-refractivity contribution in [1.29, 1.82) is 0 Å². The molecule has 122 valence electrons. The van der Waals surface area contributed by atoms with Gasteiger partial charge in [-0.3, -0.25) is 9.59 Å². The number of carbonyl (C=O) groups excluding carboxylic acids is 2. The van der Waals surface area contributed by atoms with Crippen molar-refractivity contribution in [2.75, 3.05) is 14.2 Å². The number of carbonyl (C=O) groups is 2. The highest BCUT2D eigenvalue weighted by Crippen LogP contribution is 2.61. The fourth-order valence-corrected chi connectivity index (χ4v) is 3.07. The van der Waals surface area contributed by atoms with Gasteiger partial charge in [-0.25, -0.2) is 0 Å². The van der Waals surface area contributed by atoms with Gasteiger partial charge in [-0.2, -0.15) is 0 Å². The summed E-state index contributed by atoms with van der Waals surface area (Å²) in [6, 6.07) is 0. The molecule has 0 saturated heterocycles. The van der Waals surface area contributed by atoms with E-state index in [9.17, 15) is 9.59 Å². The Morgan fingerprint density at radius 1 is 1.27 bits per heavy atom. The number of allylic oxidation sites excluding steroid dienone is 3. The summed E-state index contributed by atoms with van der Waals surface area (Å²) in [6.45, 7) is 5.46. The standard InChI is InChI=1S/C17H24O5/c1-16(2,3)22-14(18)13-10-17(13,15(19)21-5)11-7-6-8-12(9-11)20-4/h6,8-9,11,13H,7,10H2,1-5H3/t11?,13-,17-/m0/s1. The number of ether oxygens (including phenoxy) is 3. The quantitative estimate of drug-likeness (QED) is 0.747. The second-order valence-electron chi connectivity index (χ2n) is 6.84. The zero-order valence-electron chi connectivity index (χ0n) is 13.8. The van der Waals surface area contributed by atoms with Crippen molar-refractivity contribution in [2.24, 2.45) is 17.3 Å². The van der Waals surface area contributed by atoms with E-state index in [1.165, 1.54) is 7.11 Å². The predicted octanol–water partition coefficient (Wildman–Crippen LogP) is 2.61. The van der Waals surface area contributed by atoms with Crippen LogP contribution in [0.3, 0.4) is 0 Å². The summed E-state index contributed by atoms with van der Waals surface area (Å²) >= 11 is 0. The zero-order valence-corrected chi connectivity index (χ0v) is 13.8. The molecule has 2 aliphatic carbocycles. The molecule has 2 aliphatic rings. The maximum Gasteiger partial charge on any atom is 0.313 e. The number of hydrogen-bond acceptors (Lipinski definition) is 5. The van der Waals surface area contributed by atoms with Gasteiger partial charge in [0.1, 0.15) is 11.4 Å². The third-order valence-electron chi connectivity index (χ3n) is 4.20. The highest BCUT2D eigenvalue weighted by Gasteiger charge is 2.68. The van der Waals surface area contributed by atoms with Gasteiger partial charge < -0.3 is 14.2 Å². The minimum atomic E-state index is -0.828. The van der Waals surface area contributed by atoms with E-state index in [4.69, 9.17) is 14.2 Å². The fourth-order valence-electron chi connectivity index (χ4n) is 3.07. The van der Waals surface area contributed by atoms with Crippen molar-refractivity contribution >= 4 is 11.9 Å². The van der Waals surface area contributed by atoms with E-state index in [2.05, 4.69) is 0 Å².